The SMILES string of the molecule is Oc1cc(-c2nc(-c3ccc(Cl)cn3)no2)ccc1I. The van der Waals surface area contributed by atoms with Crippen molar-refractivity contribution in [1.29, 1.82) is 0 Å². The summed E-state index contributed by atoms with van der Waals surface area (Å²) in [6.07, 6.45) is 1.52. The Labute approximate surface area is 132 Å². The Balaban J connectivity index is 1.97. The summed E-state index contributed by atoms with van der Waals surface area (Å²) in [5.41, 5.74) is 1.22. The fraction of sp³-hybridized carbons (Fsp3) is 0. The molecule has 0 bridgehead atoms. The summed E-state index contributed by atoms with van der Waals surface area (Å²) in [4.78, 5) is 8.37. The Bertz CT molecular complexity index is 759. The molecule has 0 unspecified atom stereocenters. The highest BCUT2D eigenvalue weighted by atomic mass is 127. The van der Waals surface area contributed by atoms with E-state index in [1.807, 2.05) is 22.6 Å². The zero-order valence-corrected chi connectivity index (χ0v) is 12.8. The quantitative estimate of drug-likeness (QED) is 0.664. The molecule has 2 heterocycles. The molecule has 100 valence electrons. The smallest absolute Gasteiger partial charge is 0.258 e. The van der Waals surface area contributed by atoms with Crippen molar-refractivity contribution >= 4 is 34.2 Å². The van der Waals surface area contributed by atoms with Crippen LogP contribution in [-0.4, -0.2) is 20.2 Å². The van der Waals surface area contributed by atoms with Gasteiger partial charge in [-0.05, 0) is 52.9 Å². The maximum absolute atomic E-state index is 9.69. The minimum absolute atomic E-state index is 0.174. The molecule has 2 aromatic heterocycles. The fourth-order valence-electron chi connectivity index (χ4n) is 1.60. The van der Waals surface area contributed by atoms with Gasteiger partial charge in [0.05, 0.1) is 8.59 Å². The summed E-state index contributed by atoms with van der Waals surface area (Å²) in [5.74, 6) is 0.866. The number of nitrogens with zero attached hydrogens (tertiary/aromatic N) is 3. The maximum atomic E-state index is 9.69. The van der Waals surface area contributed by atoms with Gasteiger partial charge in [-0.15, -0.1) is 0 Å². The van der Waals surface area contributed by atoms with Crippen LogP contribution in [0.15, 0.2) is 41.1 Å². The third-order valence-corrected chi connectivity index (χ3v) is 3.71. The van der Waals surface area contributed by atoms with Crippen molar-refractivity contribution in [3.05, 3.63) is 45.1 Å². The first kappa shape index (κ1) is 13.3. The molecule has 0 atom stereocenters. The van der Waals surface area contributed by atoms with Gasteiger partial charge in [0.1, 0.15) is 11.4 Å². The average molecular weight is 400 g/mol. The first-order valence-corrected chi connectivity index (χ1v) is 7.04. The zero-order valence-electron chi connectivity index (χ0n) is 9.92. The van der Waals surface area contributed by atoms with Crippen molar-refractivity contribution in [2.75, 3.05) is 0 Å². The van der Waals surface area contributed by atoms with Crippen LogP contribution < -0.4 is 0 Å². The summed E-state index contributed by atoms with van der Waals surface area (Å²) < 4.78 is 5.94. The van der Waals surface area contributed by atoms with E-state index in [0.29, 0.717) is 28.0 Å². The van der Waals surface area contributed by atoms with Gasteiger partial charge in [-0.2, -0.15) is 4.98 Å². The van der Waals surface area contributed by atoms with Crippen molar-refractivity contribution in [1.82, 2.24) is 15.1 Å². The number of pyridine rings is 1. The third-order valence-electron chi connectivity index (χ3n) is 2.58. The molecule has 0 aliphatic carbocycles. The lowest BCUT2D eigenvalue weighted by molar-refractivity contribution is 0.431. The van der Waals surface area contributed by atoms with Crippen LogP contribution in [0, 0.1) is 3.57 Å². The van der Waals surface area contributed by atoms with E-state index < -0.39 is 0 Å². The van der Waals surface area contributed by atoms with E-state index in [2.05, 4.69) is 15.1 Å². The molecule has 0 amide bonds. The fourth-order valence-corrected chi connectivity index (χ4v) is 2.05. The highest BCUT2D eigenvalue weighted by Gasteiger charge is 2.12. The lowest BCUT2D eigenvalue weighted by Crippen LogP contribution is -1.85. The second-order valence-electron chi connectivity index (χ2n) is 3.95. The lowest BCUT2D eigenvalue weighted by atomic mass is 10.2. The van der Waals surface area contributed by atoms with Crippen LogP contribution in [0.4, 0.5) is 0 Å². The highest BCUT2D eigenvalue weighted by molar-refractivity contribution is 14.1. The van der Waals surface area contributed by atoms with Crippen LogP contribution in [0.1, 0.15) is 0 Å². The van der Waals surface area contributed by atoms with Gasteiger partial charge in [0, 0.05) is 11.8 Å². The third kappa shape index (κ3) is 2.61. The molecule has 0 aliphatic rings. The Morgan fingerprint density at radius 3 is 2.75 bits per heavy atom. The van der Waals surface area contributed by atoms with Gasteiger partial charge in [0.25, 0.3) is 5.89 Å². The standard InChI is InChI=1S/C13H7ClIN3O2/c14-8-2-4-10(16-6-8)12-17-13(20-18-12)7-1-3-9(15)11(19)5-7/h1-6,19H. The molecule has 3 rings (SSSR count). The molecule has 5 nitrogen and oxygen atoms in total. The minimum atomic E-state index is 0.174. The van der Waals surface area contributed by atoms with E-state index in [1.165, 1.54) is 6.20 Å². The van der Waals surface area contributed by atoms with E-state index in [1.54, 1.807) is 30.3 Å². The number of rotatable bonds is 2. The number of phenols is 1. The van der Waals surface area contributed by atoms with Crippen LogP contribution in [-0.2, 0) is 0 Å². The Morgan fingerprint density at radius 1 is 1.20 bits per heavy atom. The van der Waals surface area contributed by atoms with Crippen molar-refractivity contribution in [2.24, 2.45) is 0 Å². The van der Waals surface area contributed by atoms with E-state index in [0.717, 1.165) is 3.57 Å². The van der Waals surface area contributed by atoms with E-state index in [4.69, 9.17) is 16.1 Å². The summed E-state index contributed by atoms with van der Waals surface area (Å²) in [5, 5.41) is 14.1. The Hall–Kier alpha value is -1.67. The molecule has 0 aliphatic heterocycles. The summed E-state index contributed by atoms with van der Waals surface area (Å²) in [6.45, 7) is 0. The zero-order chi connectivity index (χ0) is 14.1. The first-order chi connectivity index (χ1) is 9.63. The molecule has 0 radical (unpaired) electrons. The lowest BCUT2D eigenvalue weighted by Gasteiger charge is -1.98. The molecule has 1 N–H and O–H groups in total. The largest absolute Gasteiger partial charge is 0.507 e. The van der Waals surface area contributed by atoms with Gasteiger partial charge in [0.2, 0.25) is 5.82 Å². The van der Waals surface area contributed by atoms with E-state index in [9.17, 15) is 5.11 Å². The van der Waals surface area contributed by atoms with Crippen molar-refractivity contribution in [2.45, 2.75) is 0 Å². The van der Waals surface area contributed by atoms with E-state index >= 15 is 0 Å². The highest BCUT2D eigenvalue weighted by Crippen LogP contribution is 2.27. The number of aromatic nitrogens is 3. The van der Waals surface area contributed by atoms with Crippen molar-refractivity contribution < 1.29 is 9.63 Å². The summed E-state index contributed by atoms with van der Waals surface area (Å²) >= 11 is 7.82. The van der Waals surface area contributed by atoms with Gasteiger partial charge < -0.3 is 9.63 Å². The monoisotopic (exact) mass is 399 g/mol. The average Bonchev–Trinajstić information content (AvgIpc) is 2.92. The van der Waals surface area contributed by atoms with Gasteiger partial charge in [-0.25, -0.2) is 0 Å². The van der Waals surface area contributed by atoms with Crippen LogP contribution in [0.3, 0.4) is 0 Å². The molecule has 3 aromatic rings. The van der Waals surface area contributed by atoms with Crippen LogP contribution in [0.2, 0.25) is 5.02 Å². The summed E-state index contributed by atoms with van der Waals surface area (Å²) in [6, 6.07) is 8.57. The molecule has 0 spiro atoms. The van der Waals surface area contributed by atoms with Gasteiger partial charge in [0.15, 0.2) is 0 Å². The number of halogens is 2. The van der Waals surface area contributed by atoms with E-state index in [-0.39, 0.29) is 5.75 Å². The number of phenolic OH excluding ortho intramolecular Hbond substituents is 1. The van der Waals surface area contributed by atoms with Crippen molar-refractivity contribution in [3.63, 3.8) is 0 Å². The predicted molar refractivity (Wildman–Crippen MR) is 82.4 cm³/mol. The summed E-state index contributed by atoms with van der Waals surface area (Å²) in [7, 11) is 0. The minimum Gasteiger partial charge on any atom is -0.507 e. The first-order valence-electron chi connectivity index (χ1n) is 5.58. The maximum Gasteiger partial charge on any atom is 0.258 e. The van der Waals surface area contributed by atoms with Gasteiger partial charge in [-0.3, -0.25) is 4.98 Å². The second-order valence-corrected chi connectivity index (χ2v) is 5.55. The topological polar surface area (TPSA) is 72.0 Å². The van der Waals surface area contributed by atoms with Crippen molar-refractivity contribution in [3.8, 4) is 28.7 Å². The number of hydrogen-bond donors (Lipinski definition) is 1. The molecule has 0 saturated carbocycles. The molecule has 7 heteroatoms. The Morgan fingerprint density at radius 2 is 2.05 bits per heavy atom. The predicted octanol–water partition coefficient (Wildman–Crippen LogP) is 3.76. The van der Waals surface area contributed by atoms with Crippen LogP contribution >= 0.6 is 34.2 Å². The van der Waals surface area contributed by atoms with Crippen LogP contribution in [0.5, 0.6) is 5.75 Å². The number of benzene rings is 1. The number of aromatic hydroxyl groups is 1. The molecule has 0 fully saturated rings. The van der Waals surface area contributed by atoms with Gasteiger partial charge in [-0.1, -0.05) is 16.8 Å². The Kier molecular flexibility index (Phi) is 3.58. The second kappa shape index (κ2) is 5.37. The molecule has 0 saturated heterocycles. The molecular formula is C13H7ClIN3O2. The molecule has 20 heavy (non-hydrogen) atoms. The molecule has 1 aromatic carbocycles. The van der Waals surface area contributed by atoms with Gasteiger partial charge >= 0.3 is 0 Å². The van der Waals surface area contributed by atoms with Crippen LogP contribution in [0.25, 0.3) is 23.0 Å². The number of hydrogen-bond acceptors (Lipinski definition) is 5. The molecular weight excluding hydrogens is 393 g/mol. The normalized spacial score (nSPS) is 10.7.